The minimum absolute atomic E-state index is 0.170. The van der Waals surface area contributed by atoms with Gasteiger partial charge in [-0.1, -0.05) is 32.0 Å². The fraction of sp³-hybridized carbons (Fsp3) is 0.238. The third-order valence-electron chi connectivity index (χ3n) is 4.32. The summed E-state index contributed by atoms with van der Waals surface area (Å²) < 4.78 is 11.6. The summed E-state index contributed by atoms with van der Waals surface area (Å²) in [5, 5.41) is 0. The summed E-state index contributed by atoms with van der Waals surface area (Å²) in [6.45, 7) is 4.28. The van der Waals surface area contributed by atoms with Crippen LogP contribution in [0.3, 0.4) is 0 Å². The van der Waals surface area contributed by atoms with Gasteiger partial charge in [0.1, 0.15) is 11.6 Å². The number of anilines is 2. The van der Waals surface area contributed by atoms with Gasteiger partial charge in [-0.05, 0) is 41.3 Å². The van der Waals surface area contributed by atoms with E-state index in [1.165, 1.54) is 0 Å². The molecule has 6 nitrogen and oxygen atoms in total. The maximum atomic E-state index is 6.06. The molecule has 0 saturated carbocycles. The van der Waals surface area contributed by atoms with Crippen molar-refractivity contribution in [2.24, 2.45) is 0 Å². The number of nitrogen functional groups attached to an aromatic ring is 2. The normalized spacial score (nSPS) is 10.8. The van der Waals surface area contributed by atoms with Gasteiger partial charge in [-0.25, -0.2) is 4.98 Å². The minimum Gasteiger partial charge on any atom is -0.493 e. The molecule has 0 bridgehead atoms. The van der Waals surface area contributed by atoms with Gasteiger partial charge in [0.05, 0.1) is 7.11 Å². The number of nitrogens with two attached hydrogens (primary N) is 2. The summed E-state index contributed by atoms with van der Waals surface area (Å²) in [5.41, 5.74) is 14.7. The Kier molecular flexibility index (Phi) is 5.45. The molecule has 27 heavy (non-hydrogen) atoms. The van der Waals surface area contributed by atoms with Crippen LogP contribution in [0.25, 0.3) is 0 Å². The lowest BCUT2D eigenvalue weighted by Gasteiger charge is -2.18. The highest BCUT2D eigenvalue weighted by molar-refractivity contribution is 5.53. The second-order valence-corrected chi connectivity index (χ2v) is 6.59. The summed E-state index contributed by atoms with van der Waals surface area (Å²) in [4.78, 5) is 8.12. The van der Waals surface area contributed by atoms with Gasteiger partial charge in [0.2, 0.25) is 5.95 Å². The molecule has 2 aromatic carbocycles. The fourth-order valence-corrected chi connectivity index (χ4v) is 2.94. The van der Waals surface area contributed by atoms with E-state index in [1.54, 1.807) is 13.3 Å². The van der Waals surface area contributed by atoms with Crippen LogP contribution in [0.5, 0.6) is 17.2 Å². The lowest BCUT2D eigenvalue weighted by molar-refractivity contribution is 0.377. The highest BCUT2D eigenvalue weighted by Crippen LogP contribution is 2.37. The van der Waals surface area contributed by atoms with Gasteiger partial charge in [-0.15, -0.1) is 0 Å². The van der Waals surface area contributed by atoms with E-state index in [0.717, 1.165) is 22.4 Å². The van der Waals surface area contributed by atoms with Crippen molar-refractivity contribution in [2.45, 2.75) is 26.2 Å². The highest BCUT2D eigenvalue weighted by Gasteiger charge is 2.16. The summed E-state index contributed by atoms with van der Waals surface area (Å²) >= 11 is 0. The average Bonchev–Trinajstić information content (AvgIpc) is 2.65. The van der Waals surface area contributed by atoms with E-state index >= 15 is 0 Å². The van der Waals surface area contributed by atoms with Crippen molar-refractivity contribution in [2.75, 3.05) is 18.6 Å². The average molecular weight is 364 g/mol. The van der Waals surface area contributed by atoms with Crippen LogP contribution in [0.2, 0.25) is 0 Å². The zero-order valence-corrected chi connectivity index (χ0v) is 15.8. The number of ether oxygens (including phenoxy) is 2. The predicted octanol–water partition coefficient (Wildman–Crippen LogP) is 4.16. The Hall–Kier alpha value is -3.28. The van der Waals surface area contributed by atoms with Crippen LogP contribution in [0, 0.1) is 0 Å². The molecule has 0 aliphatic heterocycles. The molecule has 0 fully saturated rings. The van der Waals surface area contributed by atoms with Gasteiger partial charge in [0, 0.05) is 18.2 Å². The molecule has 0 aliphatic carbocycles. The van der Waals surface area contributed by atoms with E-state index < -0.39 is 0 Å². The molecule has 140 valence electrons. The molecule has 4 N–H and O–H groups in total. The molecule has 3 rings (SSSR count). The van der Waals surface area contributed by atoms with Crippen LogP contribution in [0.4, 0.5) is 11.8 Å². The van der Waals surface area contributed by atoms with Gasteiger partial charge >= 0.3 is 0 Å². The third kappa shape index (κ3) is 4.28. The number of rotatable bonds is 6. The summed E-state index contributed by atoms with van der Waals surface area (Å²) in [7, 11) is 1.64. The van der Waals surface area contributed by atoms with Crippen molar-refractivity contribution < 1.29 is 9.47 Å². The van der Waals surface area contributed by atoms with Crippen LogP contribution in [-0.2, 0) is 6.42 Å². The molecule has 0 radical (unpaired) electrons. The Bertz CT molecular complexity index is 927. The largest absolute Gasteiger partial charge is 0.493 e. The molecule has 6 heteroatoms. The second kappa shape index (κ2) is 7.95. The Morgan fingerprint density at radius 2 is 1.74 bits per heavy atom. The van der Waals surface area contributed by atoms with E-state index in [4.69, 9.17) is 20.9 Å². The smallest absolute Gasteiger partial charge is 0.221 e. The molecular weight excluding hydrogens is 340 g/mol. The van der Waals surface area contributed by atoms with Crippen molar-refractivity contribution in [3.05, 3.63) is 65.4 Å². The van der Waals surface area contributed by atoms with Gasteiger partial charge in [0.25, 0.3) is 0 Å². The van der Waals surface area contributed by atoms with Crippen molar-refractivity contribution in [3.8, 4) is 17.2 Å². The van der Waals surface area contributed by atoms with Crippen molar-refractivity contribution in [1.29, 1.82) is 0 Å². The van der Waals surface area contributed by atoms with Crippen molar-refractivity contribution >= 4 is 11.8 Å². The molecular formula is C21H24N4O2. The highest BCUT2D eigenvalue weighted by atomic mass is 16.5. The minimum atomic E-state index is 0.170. The van der Waals surface area contributed by atoms with Crippen LogP contribution in [0.1, 0.15) is 36.5 Å². The first-order chi connectivity index (χ1) is 13.0. The molecule has 0 amide bonds. The molecule has 3 aromatic rings. The molecule has 0 saturated heterocycles. The molecule has 1 heterocycles. The van der Waals surface area contributed by atoms with Crippen LogP contribution in [-0.4, -0.2) is 17.1 Å². The van der Waals surface area contributed by atoms with E-state index in [2.05, 4.69) is 23.8 Å². The monoisotopic (exact) mass is 364 g/mol. The summed E-state index contributed by atoms with van der Waals surface area (Å²) in [6, 6.07) is 13.6. The number of hydrogen-bond donors (Lipinski definition) is 2. The van der Waals surface area contributed by atoms with E-state index in [-0.39, 0.29) is 5.95 Å². The molecule has 0 spiro atoms. The number of nitrogens with zero attached hydrogens (tertiary/aromatic N) is 2. The lowest BCUT2D eigenvalue weighted by Crippen LogP contribution is -2.06. The van der Waals surface area contributed by atoms with Crippen LogP contribution >= 0.6 is 0 Å². The third-order valence-corrected chi connectivity index (χ3v) is 4.32. The maximum Gasteiger partial charge on any atom is 0.221 e. The Labute approximate surface area is 159 Å². The van der Waals surface area contributed by atoms with Gasteiger partial charge in [-0.3, -0.25) is 0 Å². The SMILES string of the molecule is COc1cc(C(C)C)c(Cc2cnc(N)nc2N)cc1Oc1ccccc1. The van der Waals surface area contributed by atoms with E-state index in [1.807, 2.05) is 42.5 Å². The zero-order valence-electron chi connectivity index (χ0n) is 15.8. The van der Waals surface area contributed by atoms with E-state index in [9.17, 15) is 0 Å². The lowest BCUT2D eigenvalue weighted by atomic mass is 9.92. The van der Waals surface area contributed by atoms with Crippen molar-refractivity contribution in [3.63, 3.8) is 0 Å². The Morgan fingerprint density at radius 1 is 1.00 bits per heavy atom. The Balaban J connectivity index is 2.03. The number of para-hydroxylation sites is 1. The topological polar surface area (TPSA) is 96.3 Å². The van der Waals surface area contributed by atoms with Crippen LogP contribution < -0.4 is 20.9 Å². The standard InChI is InChI=1S/C21H24N4O2/c1-13(2)17-11-18(26-3)19(27-16-7-5-4-6-8-16)10-14(17)9-15-12-24-21(23)25-20(15)22/h4-8,10-13H,9H2,1-3H3,(H4,22,23,24,25). The van der Waals surface area contributed by atoms with Gasteiger partial charge in [0.15, 0.2) is 11.5 Å². The number of aromatic nitrogens is 2. The van der Waals surface area contributed by atoms with E-state index in [0.29, 0.717) is 29.7 Å². The molecule has 0 atom stereocenters. The zero-order chi connectivity index (χ0) is 19.4. The first-order valence-electron chi connectivity index (χ1n) is 8.78. The number of benzene rings is 2. The van der Waals surface area contributed by atoms with Gasteiger partial charge < -0.3 is 20.9 Å². The first-order valence-corrected chi connectivity index (χ1v) is 8.78. The molecule has 0 unspecified atom stereocenters. The first kappa shape index (κ1) is 18.5. The summed E-state index contributed by atoms with van der Waals surface area (Å²) in [6.07, 6.45) is 2.25. The second-order valence-electron chi connectivity index (χ2n) is 6.59. The fourth-order valence-electron chi connectivity index (χ4n) is 2.94. The summed E-state index contributed by atoms with van der Waals surface area (Å²) in [5.74, 6) is 2.94. The number of methoxy groups -OCH3 is 1. The predicted molar refractivity (Wildman–Crippen MR) is 107 cm³/mol. The molecule has 1 aromatic heterocycles. The Morgan fingerprint density at radius 3 is 2.37 bits per heavy atom. The quantitative estimate of drug-likeness (QED) is 0.682. The van der Waals surface area contributed by atoms with Crippen LogP contribution in [0.15, 0.2) is 48.7 Å². The maximum absolute atomic E-state index is 6.06. The van der Waals surface area contributed by atoms with Gasteiger partial charge in [-0.2, -0.15) is 4.98 Å². The number of hydrogen-bond acceptors (Lipinski definition) is 6. The molecule has 0 aliphatic rings. The van der Waals surface area contributed by atoms with Crippen molar-refractivity contribution in [1.82, 2.24) is 9.97 Å².